The van der Waals surface area contributed by atoms with E-state index in [4.69, 9.17) is 30.5 Å². The van der Waals surface area contributed by atoms with Crippen LogP contribution in [0.2, 0.25) is 0 Å². The zero-order valence-corrected chi connectivity index (χ0v) is 20.0. The predicted octanol–water partition coefficient (Wildman–Crippen LogP) is 3.32. The molecule has 0 saturated heterocycles. The zero-order chi connectivity index (χ0) is 25.9. The summed E-state index contributed by atoms with van der Waals surface area (Å²) >= 11 is 0. The third-order valence-corrected chi connectivity index (χ3v) is 4.96. The molecule has 3 aromatic rings. The molecule has 0 unspecified atom stereocenters. The number of methoxy groups -OCH3 is 1. The normalized spacial score (nSPS) is 11.2. The van der Waals surface area contributed by atoms with Gasteiger partial charge in [-0.3, -0.25) is 4.79 Å². The molecule has 3 rings (SSSR count). The van der Waals surface area contributed by atoms with E-state index < -0.39 is 11.9 Å². The molecule has 3 aromatic carbocycles. The molecule has 0 atom stereocenters. The monoisotopic (exact) mass is 489 g/mol. The molecule has 0 aliphatic heterocycles. The van der Waals surface area contributed by atoms with Crippen LogP contribution in [0.25, 0.3) is 6.08 Å². The highest BCUT2D eigenvalue weighted by Gasteiger charge is 2.07. The predicted molar refractivity (Wildman–Crippen MR) is 135 cm³/mol. The van der Waals surface area contributed by atoms with Gasteiger partial charge in [-0.2, -0.15) is 0 Å². The van der Waals surface area contributed by atoms with E-state index in [0.29, 0.717) is 23.7 Å². The lowest BCUT2D eigenvalue weighted by atomic mass is 10.1. The van der Waals surface area contributed by atoms with Crippen LogP contribution in [0.4, 0.5) is 0 Å². The number of aryl methyl sites for hydroxylation is 1. The molecule has 4 N–H and O–H groups in total. The van der Waals surface area contributed by atoms with Crippen molar-refractivity contribution in [2.75, 3.05) is 13.7 Å². The molecule has 36 heavy (non-hydrogen) atoms. The van der Waals surface area contributed by atoms with Crippen molar-refractivity contribution in [2.45, 2.75) is 13.5 Å². The molecule has 0 aliphatic carbocycles. The molecule has 0 saturated carbocycles. The highest BCUT2D eigenvalue weighted by Crippen LogP contribution is 2.24. The first kappa shape index (κ1) is 25.8. The van der Waals surface area contributed by atoms with Gasteiger partial charge < -0.3 is 30.5 Å². The van der Waals surface area contributed by atoms with Crippen LogP contribution in [0.1, 0.15) is 22.3 Å². The van der Waals surface area contributed by atoms with Crippen molar-refractivity contribution in [3.63, 3.8) is 0 Å². The van der Waals surface area contributed by atoms with Crippen molar-refractivity contribution in [1.29, 1.82) is 0 Å². The fourth-order valence-corrected chi connectivity index (χ4v) is 3.11. The number of primary amides is 1. The molecule has 9 nitrogen and oxygen atoms in total. The van der Waals surface area contributed by atoms with Gasteiger partial charge >= 0.3 is 5.97 Å². The summed E-state index contributed by atoms with van der Waals surface area (Å²) in [4.78, 5) is 27.8. The number of nitrogens with zero attached hydrogens (tertiary/aromatic N) is 1. The third-order valence-electron chi connectivity index (χ3n) is 4.96. The summed E-state index contributed by atoms with van der Waals surface area (Å²) < 4.78 is 16.5. The second-order valence-electron chi connectivity index (χ2n) is 7.63. The first-order valence-electron chi connectivity index (χ1n) is 10.9. The van der Waals surface area contributed by atoms with Gasteiger partial charge in [0.1, 0.15) is 23.9 Å². The number of ether oxygens (including phenoxy) is 3. The molecule has 186 valence electrons. The Labute approximate surface area is 208 Å². The van der Waals surface area contributed by atoms with Crippen LogP contribution in [0.5, 0.6) is 17.2 Å². The van der Waals surface area contributed by atoms with E-state index in [9.17, 15) is 9.59 Å². The molecular weight excluding hydrogens is 462 g/mol. The molecule has 1 amide bonds. The summed E-state index contributed by atoms with van der Waals surface area (Å²) in [7, 11) is 1.59. The number of para-hydroxylation sites is 1. The highest BCUT2D eigenvalue weighted by atomic mass is 16.7. The number of carbonyl (C=O) groups is 2. The van der Waals surface area contributed by atoms with Gasteiger partial charge in [0, 0.05) is 17.2 Å². The Morgan fingerprint density at radius 3 is 2.39 bits per heavy atom. The number of rotatable bonds is 11. The summed E-state index contributed by atoms with van der Waals surface area (Å²) in [5.74, 6) is 0.611. The van der Waals surface area contributed by atoms with Crippen molar-refractivity contribution in [2.24, 2.45) is 16.6 Å². The Morgan fingerprint density at radius 2 is 1.69 bits per heavy atom. The maximum absolute atomic E-state index is 12.1. The first-order valence-corrected chi connectivity index (χ1v) is 10.9. The van der Waals surface area contributed by atoms with Crippen LogP contribution < -0.4 is 25.7 Å². The first-order chi connectivity index (χ1) is 17.4. The highest BCUT2D eigenvalue weighted by molar-refractivity contribution is 5.98. The molecule has 0 spiro atoms. The number of carbonyl (C=O) groups excluding carboxylic acids is 2. The van der Waals surface area contributed by atoms with Crippen LogP contribution in [0.15, 0.2) is 78.0 Å². The summed E-state index contributed by atoms with van der Waals surface area (Å²) in [5.41, 5.74) is 14.0. The Balaban J connectivity index is 1.60. The maximum Gasteiger partial charge on any atom is 0.358 e. The number of hydrogen-bond acceptors (Lipinski definition) is 7. The van der Waals surface area contributed by atoms with Gasteiger partial charge in [0.25, 0.3) is 5.91 Å². The Kier molecular flexibility index (Phi) is 9.05. The standard InChI is InChI=1S/C27H27N3O6/c1-18-5-3-4-6-23(18)35-16-21-15-19(7-13-24(21)33-2)8-14-26(32)36-30-27(29)20-9-11-22(12-10-20)34-17-25(28)31/h3-15H,16-17H2,1-2H3,(H2,28,31)(H2,29,30)/b14-8-. The van der Waals surface area contributed by atoms with Crippen molar-refractivity contribution in [3.05, 3.63) is 95.1 Å². The van der Waals surface area contributed by atoms with Gasteiger partial charge in [-0.25, -0.2) is 4.79 Å². The molecule has 0 radical (unpaired) electrons. The molecular formula is C27H27N3O6. The van der Waals surface area contributed by atoms with Gasteiger partial charge in [-0.1, -0.05) is 29.4 Å². The summed E-state index contributed by atoms with van der Waals surface area (Å²) in [6, 6.07) is 19.6. The van der Waals surface area contributed by atoms with Gasteiger partial charge in [0.05, 0.1) is 7.11 Å². The zero-order valence-electron chi connectivity index (χ0n) is 20.0. The average molecular weight is 490 g/mol. The summed E-state index contributed by atoms with van der Waals surface area (Å²) in [5, 5.41) is 3.67. The van der Waals surface area contributed by atoms with Gasteiger partial charge in [-0.05, 0) is 66.6 Å². The number of amidine groups is 1. The molecule has 0 aromatic heterocycles. The lowest BCUT2D eigenvalue weighted by Crippen LogP contribution is -2.20. The van der Waals surface area contributed by atoms with E-state index in [1.807, 2.05) is 37.3 Å². The minimum absolute atomic E-state index is 0.00158. The average Bonchev–Trinajstić information content (AvgIpc) is 2.89. The fraction of sp³-hybridized carbons (Fsp3) is 0.148. The second kappa shape index (κ2) is 12.6. The largest absolute Gasteiger partial charge is 0.496 e. The molecule has 0 bridgehead atoms. The molecule has 0 aliphatic rings. The minimum Gasteiger partial charge on any atom is -0.496 e. The SMILES string of the molecule is COc1ccc(/C=C\C(=O)O/N=C(\N)c2ccc(OCC(N)=O)cc2)cc1COc1ccccc1C. The number of hydrogen-bond donors (Lipinski definition) is 2. The third kappa shape index (κ3) is 7.63. The Morgan fingerprint density at radius 1 is 0.944 bits per heavy atom. The van der Waals surface area contributed by atoms with Crippen LogP contribution in [0.3, 0.4) is 0 Å². The van der Waals surface area contributed by atoms with E-state index in [-0.39, 0.29) is 12.4 Å². The maximum atomic E-state index is 12.1. The molecule has 9 heteroatoms. The number of nitrogens with two attached hydrogens (primary N) is 2. The van der Waals surface area contributed by atoms with Crippen molar-refractivity contribution < 1.29 is 28.6 Å². The van der Waals surface area contributed by atoms with Gasteiger partial charge in [0.2, 0.25) is 0 Å². The van der Waals surface area contributed by atoms with Crippen LogP contribution in [-0.4, -0.2) is 31.4 Å². The smallest absolute Gasteiger partial charge is 0.358 e. The van der Waals surface area contributed by atoms with Crippen molar-refractivity contribution >= 4 is 23.8 Å². The van der Waals surface area contributed by atoms with E-state index in [0.717, 1.165) is 22.4 Å². The van der Waals surface area contributed by atoms with Crippen molar-refractivity contribution in [1.82, 2.24) is 0 Å². The lowest BCUT2D eigenvalue weighted by Gasteiger charge is -2.12. The molecule has 0 heterocycles. The minimum atomic E-state index is -0.701. The summed E-state index contributed by atoms with van der Waals surface area (Å²) in [6.45, 7) is 2.04. The Bertz CT molecular complexity index is 1270. The number of benzene rings is 3. The van der Waals surface area contributed by atoms with Crippen LogP contribution >= 0.6 is 0 Å². The fourth-order valence-electron chi connectivity index (χ4n) is 3.11. The second-order valence-corrected chi connectivity index (χ2v) is 7.63. The van der Waals surface area contributed by atoms with E-state index in [1.54, 1.807) is 49.6 Å². The van der Waals surface area contributed by atoms with Gasteiger partial charge in [-0.15, -0.1) is 0 Å². The summed E-state index contributed by atoms with van der Waals surface area (Å²) in [6.07, 6.45) is 2.83. The number of oxime groups is 1. The van der Waals surface area contributed by atoms with Crippen LogP contribution in [-0.2, 0) is 21.0 Å². The van der Waals surface area contributed by atoms with Gasteiger partial charge in [0.15, 0.2) is 12.4 Å². The van der Waals surface area contributed by atoms with Crippen LogP contribution in [0, 0.1) is 6.92 Å². The lowest BCUT2D eigenvalue weighted by molar-refractivity contribution is -0.137. The van der Waals surface area contributed by atoms with E-state index in [1.165, 1.54) is 6.08 Å². The topological polar surface area (TPSA) is 135 Å². The molecule has 0 fully saturated rings. The van der Waals surface area contributed by atoms with E-state index >= 15 is 0 Å². The number of amides is 1. The Hall–Kier alpha value is -4.79. The van der Waals surface area contributed by atoms with E-state index in [2.05, 4.69) is 5.16 Å². The van der Waals surface area contributed by atoms with Crippen molar-refractivity contribution in [3.8, 4) is 17.2 Å². The quantitative estimate of drug-likeness (QED) is 0.139.